The third kappa shape index (κ3) is 2.02. The standard InChI is InChI=1S/C12H15ClFNO/c13-9-6-8(11(16)7-10(9)14)12(15)4-2-1-3-5-12/h6-7,16H,1-5,15H2. The maximum Gasteiger partial charge on any atom is 0.145 e. The highest BCUT2D eigenvalue weighted by atomic mass is 35.5. The summed E-state index contributed by atoms with van der Waals surface area (Å²) in [4.78, 5) is 0. The van der Waals surface area contributed by atoms with E-state index in [2.05, 4.69) is 0 Å². The van der Waals surface area contributed by atoms with Crippen molar-refractivity contribution in [1.29, 1.82) is 0 Å². The summed E-state index contributed by atoms with van der Waals surface area (Å²) in [5, 5.41) is 9.77. The first-order chi connectivity index (χ1) is 7.53. The van der Waals surface area contributed by atoms with Gasteiger partial charge in [-0.3, -0.25) is 0 Å². The topological polar surface area (TPSA) is 46.2 Å². The number of phenols is 1. The molecule has 0 heterocycles. The first-order valence-corrected chi connectivity index (χ1v) is 5.88. The Labute approximate surface area is 99.2 Å². The molecule has 0 amide bonds. The second-order valence-electron chi connectivity index (χ2n) is 4.50. The van der Waals surface area contributed by atoms with Gasteiger partial charge in [0.25, 0.3) is 0 Å². The zero-order chi connectivity index (χ0) is 11.8. The van der Waals surface area contributed by atoms with E-state index < -0.39 is 11.4 Å². The van der Waals surface area contributed by atoms with Crippen molar-refractivity contribution in [3.63, 3.8) is 0 Å². The van der Waals surface area contributed by atoms with E-state index in [0.29, 0.717) is 5.56 Å². The lowest BCUT2D eigenvalue weighted by molar-refractivity contribution is 0.291. The molecule has 0 spiro atoms. The number of halogens is 2. The van der Waals surface area contributed by atoms with Crippen LogP contribution in [0.2, 0.25) is 5.02 Å². The molecule has 88 valence electrons. The van der Waals surface area contributed by atoms with Gasteiger partial charge in [-0.15, -0.1) is 0 Å². The quantitative estimate of drug-likeness (QED) is 0.795. The maximum atomic E-state index is 13.1. The molecule has 1 aliphatic rings. The van der Waals surface area contributed by atoms with Gasteiger partial charge in [-0.05, 0) is 18.9 Å². The Morgan fingerprint density at radius 2 is 1.88 bits per heavy atom. The molecule has 0 aromatic heterocycles. The molecule has 2 nitrogen and oxygen atoms in total. The molecule has 0 unspecified atom stereocenters. The Kier molecular flexibility index (Phi) is 3.08. The lowest BCUT2D eigenvalue weighted by Gasteiger charge is -2.34. The molecule has 1 aliphatic carbocycles. The van der Waals surface area contributed by atoms with E-state index in [-0.39, 0.29) is 10.8 Å². The van der Waals surface area contributed by atoms with Crippen LogP contribution < -0.4 is 5.73 Å². The van der Waals surface area contributed by atoms with Crippen molar-refractivity contribution in [2.75, 3.05) is 0 Å². The van der Waals surface area contributed by atoms with Crippen molar-refractivity contribution in [1.82, 2.24) is 0 Å². The lowest BCUT2D eigenvalue weighted by atomic mass is 9.77. The molecule has 0 radical (unpaired) electrons. The highest BCUT2D eigenvalue weighted by Crippen LogP contribution is 2.40. The zero-order valence-corrected chi connectivity index (χ0v) is 9.73. The lowest BCUT2D eigenvalue weighted by Crippen LogP contribution is -2.38. The number of benzene rings is 1. The van der Waals surface area contributed by atoms with Crippen LogP contribution in [-0.2, 0) is 5.54 Å². The SMILES string of the molecule is NC1(c2cc(Cl)c(F)cc2O)CCCCC1. The second-order valence-corrected chi connectivity index (χ2v) is 4.91. The van der Waals surface area contributed by atoms with Gasteiger partial charge < -0.3 is 10.8 Å². The average Bonchev–Trinajstić information content (AvgIpc) is 2.24. The smallest absolute Gasteiger partial charge is 0.145 e. The van der Waals surface area contributed by atoms with Crippen LogP contribution in [0.4, 0.5) is 4.39 Å². The fourth-order valence-corrected chi connectivity index (χ4v) is 2.55. The molecule has 16 heavy (non-hydrogen) atoms. The van der Waals surface area contributed by atoms with E-state index in [9.17, 15) is 9.50 Å². The van der Waals surface area contributed by atoms with Crippen molar-refractivity contribution < 1.29 is 9.50 Å². The fraction of sp³-hybridized carbons (Fsp3) is 0.500. The summed E-state index contributed by atoms with van der Waals surface area (Å²) in [7, 11) is 0. The van der Waals surface area contributed by atoms with Crippen molar-refractivity contribution in [3.8, 4) is 5.75 Å². The fourth-order valence-electron chi connectivity index (χ4n) is 2.39. The van der Waals surface area contributed by atoms with Crippen LogP contribution in [0, 0.1) is 5.82 Å². The number of hydrogen-bond donors (Lipinski definition) is 2. The summed E-state index contributed by atoms with van der Waals surface area (Å²) < 4.78 is 13.1. The van der Waals surface area contributed by atoms with Crippen molar-refractivity contribution in [2.24, 2.45) is 5.73 Å². The summed E-state index contributed by atoms with van der Waals surface area (Å²) in [5.41, 5.74) is 6.27. The molecule has 4 heteroatoms. The molecular weight excluding hydrogens is 229 g/mol. The number of hydrogen-bond acceptors (Lipinski definition) is 2. The number of nitrogens with two attached hydrogens (primary N) is 1. The van der Waals surface area contributed by atoms with Crippen molar-refractivity contribution in [2.45, 2.75) is 37.6 Å². The molecule has 0 atom stereocenters. The monoisotopic (exact) mass is 243 g/mol. The van der Waals surface area contributed by atoms with Gasteiger partial charge in [0.05, 0.1) is 5.02 Å². The summed E-state index contributed by atoms with van der Waals surface area (Å²) in [6.45, 7) is 0. The molecule has 1 aromatic rings. The van der Waals surface area contributed by atoms with Gasteiger partial charge in [0, 0.05) is 17.2 Å². The Bertz CT molecular complexity index is 402. The minimum absolute atomic E-state index is 0.0169. The van der Waals surface area contributed by atoms with Crippen LogP contribution in [0.15, 0.2) is 12.1 Å². The van der Waals surface area contributed by atoms with E-state index in [4.69, 9.17) is 17.3 Å². The third-order valence-corrected chi connectivity index (χ3v) is 3.61. The molecule has 0 aliphatic heterocycles. The minimum Gasteiger partial charge on any atom is -0.507 e. The number of aromatic hydroxyl groups is 1. The van der Waals surface area contributed by atoms with Crippen LogP contribution in [0.5, 0.6) is 5.75 Å². The maximum absolute atomic E-state index is 13.1. The Hall–Kier alpha value is -0.800. The second kappa shape index (κ2) is 4.22. The highest BCUT2D eigenvalue weighted by molar-refractivity contribution is 6.30. The highest BCUT2D eigenvalue weighted by Gasteiger charge is 2.32. The predicted molar refractivity (Wildman–Crippen MR) is 62.0 cm³/mol. The Balaban J connectivity index is 2.42. The molecule has 1 fully saturated rings. The first kappa shape index (κ1) is 11.7. The summed E-state index contributed by atoms with van der Waals surface area (Å²) in [5.74, 6) is -0.700. The molecule has 0 saturated heterocycles. The van der Waals surface area contributed by atoms with Gasteiger partial charge in [0.2, 0.25) is 0 Å². The summed E-state index contributed by atoms with van der Waals surface area (Å²) in [6.07, 6.45) is 4.84. The molecule has 0 bridgehead atoms. The van der Waals surface area contributed by atoms with E-state index in [0.717, 1.165) is 38.2 Å². The first-order valence-electron chi connectivity index (χ1n) is 5.50. The molecule has 1 aromatic carbocycles. The third-order valence-electron chi connectivity index (χ3n) is 3.32. The van der Waals surface area contributed by atoms with E-state index in [1.165, 1.54) is 6.07 Å². The van der Waals surface area contributed by atoms with Crippen LogP contribution in [0.1, 0.15) is 37.7 Å². The van der Waals surface area contributed by atoms with E-state index in [1.54, 1.807) is 0 Å². The van der Waals surface area contributed by atoms with Crippen LogP contribution in [0.25, 0.3) is 0 Å². The van der Waals surface area contributed by atoms with Gasteiger partial charge in [0.1, 0.15) is 11.6 Å². The summed E-state index contributed by atoms with van der Waals surface area (Å²) >= 11 is 5.73. The number of rotatable bonds is 1. The number of phenolic OH excluding ortho intramolecular Hbond substituents is 1. The molecule has 2 rings (SSSR count). The zero-order valence-electron chi connectivity index (χ0n) is 8.97. The summed E-state index contributed by atoms with van der Waals surface area (Å²) in [6, 6.07) is 2.50. The molecular formula is C12H15ClFNO. The van der Waals surface area contributed by atoms with Crippen molar-refractivity contribution in [3.05, 3.63) is 28.5 Å². The van der Waals surface area contributed by atoms with E-state index >= 15 is 0 Å². The largest absolute Gasteiger partial charge is 0.507 e. The van der Waals surface area contributed by atoms with E-state index in [1.807, 2.05) is 0 Å². The van der Waals surface area contributed by atoms with Gasteiger partial charge in [0.15, 0.2) is 0 Å². The van der Waals surface area contributed by atoms with Crippen LogP contribution in [0.3, 0.4) is 0 Å². The van der Waals surface area contributed by atoms with Gasteiger partial charge in [-0.25, -0.2) is 4.39 Å². The van der Waals surface area contributed by atoms with Gasteiger partial charge in [-0.2, -0.15) is 0 Å². The molecule has 1 saturated carbocycles. The van der Waals surface area contributed by atoms with Crippen LogP contribution >= 0.6 is 11.6 Å². The Morgan fingerprint density at radius 1 is 1.25 bits per heavy atom. The predicted octanol–water partition coefficient (Wildman–Crippen LogP) is 3.30. The molecule has 3 N–H and O–H groups in total. The normalized spacial score (nSPS) is 19.7. The van der Waals surface area contributed by atoms with Crippen LogP contribution in [-0.4, -0.2) is 5.11 Å². The van der Waals surface area contributed by atoms with Crippen molar-refractivity contribution >= 4 is 11.6 Å². The minimum atomic E-state index is -0.609. The Morgan fingerprint density at radius 3 is 2.50 bits per heavy atom. The van der Waals surface area contributed by atoms with Gasteiger partial charge >= 0.3 is 0 Å². The van der Waals surface area contributed by atoms with Gasteiger partial charge in [-0.1, -0.05) is 30.9 Å². The average molecular weight is 244 g/mol.